The summed E-state index contributed by atoms with van der Waals surface area (Å²) < 4.78 is 33.8. The van der Waals surface area contributed by atoms with Gasteiger partial charge in [0.2, 0.25) is 15.9 Å². The Morgan fingerprint density at radius 2 is 1.81 bits per heavy atom. The van der Waals surface area contributed by atoms with E-state index in [1.807, 2.05) is 36.4 Å². The summed E-state index contributed by atoms with van der Waals surface area (Å²) >= 11 is 6.35. The Kier molecular flexibility index (Phi) is 5.35. The number of rotatable bonds is 6. The van der Waals surface area contributed by atoms with Gasteiger partial charge in [0, 0.05) is 24.9 Å². The van der Waals surface area contributed by atoms with E-state index >= 15 is 0 Å². The molecule has 1 aromatic carbocycles. The largest absolute Gasteiger partial charge is 0.474 e. The van der Waals surface area contributed by atoms with Crippen molar-refractivity contribution in [3.05, 3.63) is 40.7 Å². The first-order chi connectivity index (χ1) is 14.8. The van der Waals surface area contributed by atoms with Gasteiger partial charge in [-0.3, -0.25) is 0 Å². The molecule has 2 unspecified atom stereocenters. The van der Waals surface area contributed by atoms with Gasteiger partial charge in [0.25, 0.3) is 0 Å². The van der Waals surface area contributed by atoms with Crippen molar-refractivity contribution in [2.75, 3.05) is 5.32 Å². The summed E-state index contributed by atoms with van der Waals surface area (Å²) in [5.74, 6) is 1.18. The quantitative estimate of drug-likeness (QED) is 0.686. The van der Waals surface area contributed by atoms with Crippen LogP contribution in [0.2, 0.25) is 5.02 Å². The van der Waals surface area contributed by atoms with E-state index in [4.69, 9.17) is 16.3 Å². The lowest BCUT2D eigenvalue weighted by atomic mass is 10.0. The van der Waals surface area contributed by atoms with E-state index in [1.165, 1.54) is 6.33 Å². The molecule has 7 nitrogen and oxygen atoms in total. The summed E-state index contributed by atoms with van der Waals surface area (Å²) in [4.78, 5) is 8.70. The van der Waals surface area contributed by atoms with Crippen molar-refractivity contribution in [1.82, 2.24) is 14.3 Å². The second-order valence-electron chi connectivity index (χ2n) is 8.93. The molecule has 9 heteroatoms. The molecular formula is C22H27ClN4O3S. The van der Waals surface area contributed by atoms with Gasteiger partial charge < -0.3 is 10.1 Å². The van der Waals surface area contributed by atoms with E-state index in [0.717, 1.165) is 42.5 Å². The van der Waals surface area contributed by atoms with E-state index < -0.39 is 10.0 Å². The lowest BCUT2D eigenvalue weighted by Gasteiger charge is -2.37. The maximum atomic E-state index is 12.8. The number of aromatic nitrogens is 2. The van der Waals surface area contributed by atoms with Crippen LogP contribution in [0.5, 0.6) is 5.88 Å². The highest BCUT2D eigenvalue weighted by Crippen LogP contribution is 2.43. The van der Waals surface area contributed by atoms with Crippen LogP contribution in [0.4, 0.5) is 11.5 Å². The summed E-state index contributed by atoms with van der Waals surface area (Å²) in [6.45, 7) is 3.91. The minimum atomic E-state index is -3.15. The molecule has 0 amide bonds. The predicted octanol–water partition coefficient (Wildman–Crippen LogP) is 4.36. The highest BCUT2D eigenvalue weighted by molar-refractivity contribution is 7.90. The maximum absolute atomic E-state index is 12.8. The summed E-state index contributed by atoms with van der Waals surface area (Å²) in [5.41, 5.74) is 2.67. The van der Waals surface area contributed by atoms with Gasteiger partial charge in [0.1, 0.15) is 18.2 Å². The summed E-state index contributed by atoms with van der Waals surface area (Å²) in [6, 6.07) is 5.90. The zero-order chi connectivity index (χ0) is 21.8. The minimum absolute atomic E-state index is 0.0421. The van der Waals surface area contributed by atoms with Gasteiger partial charge in [-0.1, -0.05) is 17.7 Å². The average Bonchev–Trinajstić information content (AvgIpc) is 3.53. The molecule has 3 fully saturated rings. The van der Waals surface area contributed by atoms with E-state index in [0.29, 0.717) is 29.6 Å². The molecule has 31 heavy (non-hydrogen) atoms. The number of hydrogen-bond donors (Lipinski definition) is 1. The number of aryl methyl sites for hydroxylation is 1. The Morgan fingerprint density at radius 3 is 2.45 bits per heavy atom. The molecule has 5 rings (SSSR count). The molecule has 3 heterocycles. The highest BCUT2D eigenvalue weighted by Gasteiger charge is 2.52. The number of nitrogens with one attached hydrogen (secondary N) is 1. The SMILES string of the molecule is Cc1ccc(Nc2ncnc(OC3CC4CCC(C3)N4S(=O)(=O)C3CC3)c2C)c(Cl)c1. The fourth-order valence-electron chi connectivity index (χ4n) is 4.82. The molecular weight excluding hydrogens is 436 g/mol. The van der Waals surface area contributed by atoms with Gasteiger partial charge in [0.15, 0.2) is 0 Å². The fourth-order valence-corrected chi connectivity index (χ4v) is 7.39. The third-order valence-electron chi connectivity index (χ3n) is 6.56. The van der Waals surface area contributed by atoms with Crippen molar-refractivity contribution >= 4 is 33.1 Å². The number of anilines is 2. The molecule has 166 valence electrons. The van der Waals surface area contributed by atoms with Crippen LogP contribution in [0, 0.1) is 13.8 Å². The van der Waals surface area contributed by atoms with Crippen LogP contribution in [0.15, 0.2) is 24.5 Å². The molecule has 1 N–H and O–H groups in total. The number of benzene rings is 1. The first-order valence-corrected chi connectivity index (χ1v) is 12.7. The van der Waals surface area contributed by atoms with Gasteiger partial charge in [-0.05, 0) is 57.2 Å². The monoisotopic (exact) mass is 462 g/mol. The van der Waals surface area contributed by atoms with Crippen LogP contribution in [-0.2, 0) is 10.0 Å². The highest BCUT2D eigenvalue weighted by atomic mass is 35.5. The number of hydrogen-bond acceptors (Lipinski definition) is 6. The zero-order valence-corrected chi connectivity index (χ0v) is 19.3. The third-order valence-corrected chi connectivity index (χ3v) is 9.37. The molecule has 2 bridgehead atoms. The molecule has 2 saturated heterocycles. The van der Waals surface area contributed by atoms with Crippen molar-refractivity contribution in [3.8, 4) is 5.88 Å². The number of piperidine rings is 1. The first-order valence-electron chi connectivity index (χ1n) is 10.9. The number of ether oxygens (including phenoxy) is 1. The smallest absolute Gasteiger partial charge is 0.221 e. The van der Waals surface area contributed by atoms with Crippen LogP contribution in [-0.4, -0.2) is 46.1 Å². The lowest BCUT2D eigenvalue weighted by Crippen LogP contribution is -2.50. The van der Waals surface area contributed by atoms with Gasteiger partial charge in [-0.2, -0.15) is 4.31 Å². The number of halogens is 1. The zero-order valence-electron chi connectivity index (χ0n) is 17.7. The van der Waals surface area contributed by atoms with E-state index in [9.17, 15) is 8.42 Å². The van der Waals surface area contributed by atoms with Crippen molar-refractivity contribution in [1.29, 1.82) is 0 Å². The molecule has 2 aromatic rings. The molecule has 0 spiro atoms. The molecule has 2 aliphatic heterocycles. The van der Waals surface area contributed by atoms with Crippen LogP contribution < -0.4 is 10.1 Å². The fraction of sp³-hybridized carbons (Fsp3) is 0.545. The lowest BCUT2D eigenvalue weighted by molar-refractivity contribution is 0.0910. The first kappa shape index (κ1) is 21.0. The normalized spacial score (nSPS) is 26.1. The third kappa shape index (κ3) is 4.01. The van der Waals surface area contributed by atoms with Crippen molar-refractivity contribution in [2.24, 2.45) is 0 Å². The number of sulfonamides is 1. The van der Waals surface area contributed by atoms with Gasteiger partial charge in [-0.25, -0.2) is 18.4 Å². The van der Waals surface area contributed by atoms with Crippen LogP contribution in [0.25, 0.3) is 0 Å². The Morgan fingerprint density at radius 1 is 1.10 bits per heavy atom. The molecule has 0 radical (unpaired) electrons. The molecule has 1 saturated carbocycles. The Hall–Kier alpha value is -1.90. The predicted molar refractivity (Wildman–Crippen MR) is 120 cm³/mol. The summed E-state index contributed by atoms with van der Waals surface area (Å²) in [6.07, 6.45) is 6.28. The second-order valence-corrected chi connectivity index (χ2v) is 11.5. The molecule has 2 atom stereocenters. The summed E-state index contributed by atoms with van der Waals surface area (Å²) in [5, 5.41) is 3.74. The standard InChI is InChI=1S/C22H27ClN4O3S/c1-13-3-8-20(19(23)9-13)26-21-14(2)22(25-12-24-21)30-17-10-15-4-5-16(11-17)27(15)31(28,29)18-6-7-18/h3,8-9,12,15-18H,4-7,10-11H2,1-2H3,(H,24,25,26). The van der Waals surface area contributed by atoms with E-state index in [-0.39, 0.29) is 23.4 Å². The Labute approximate surface area is 188 Å². The van der Waals surface area contributed by atoms with Gasteiger partial charge >= 0.3 is 0 Å². The van der Waals surface area contributed by atoms with Crippen LogP contribution >= 0.6 is 11.6 Å². The second kappa shape index (κ2) is 7.90. The van der Waals surface area contributed by atoms with Crippen LogP contribution in [0.3, 0.4) is 0 Å². The van der Waals surface area contributed by atoms with Gasteiger partial charge in [-0.15, -0.1) is 0 Å². The minimum Gasteiger partial charge on any atom is -0.474 e. The topological polar surface area (TPSA) is 84.4 Å². The Bertz CT molecular complexity index is 1090. The van der Waals surface area contributed by atoms with E-state index in [1.54, 1.807) is 0 Å². The summed E-state index contributed by atoms with van der Waals surface area (Å²) in [7, 11) is -3.15. The number of nitrogens with zero attached hydrogens (tertiary/aromatic N) is 3. The molecule has 1 aliphatic carbocycles. The Balaban J connectivity index is 1.31. The van der Waals surface area contributed by atoms with Crippen molar-refractivity contribution < 1.29 is 13.2 Å². The maximum Gasteiger partial charge on any atom is 0.221 e. The van der Waals surface area contributed by atoms with Gasteiger partial charge in [0.05, 0.1) is 21.5 Å². The van der Waals surface area contributed by atoms with Crippen molar-refractivity contribution in [2.45, 2.75) is 75.8 Å². The number of fused-ring (bicyclic) bond motifs is 2. The molecule has 3 aliphatic rings. The van der Waals surface area contributed by atoms with Crippen LogP contribution in [0.1, 0.15) is 49.7 Å². The van der Waals surface area contributed by atoms with E-state index in [2.05, 4.69) is 15.3 Å². The molecule has 1 aromatic heterocycles. The van der Waals surface area contributed by atoms with Crippen molar-refractivity contribution in [3.63, 3.8) is 0 Å². The average molecular weight is 463 g/mol.